The highest BCUT2D eigenvalue weighted by molar-refractivity contribution is 5.93. The minimum Gasteiger partial charge on any atom is -0.493 e. The molecule has 0 atom stereocenters. The van der Waals surface area contributed by atoms with Crippen molar-refractivity contribution >= 4 is 5.91 Å². The smallest absolute Gasteiger partial charge is 0.276 e. The molecule has 1 aliphatic rings. The van der Waals surface area contributed by atoms with Gasteiger partial charge in [0.1, 0.15) is 12.4 Å². The van der Waals surface area contributed by atoms with Gasteiger partial charge < -0.3 is 18.9 Å². The summed E-state index contributed by atoms with van der Waals surface area (Å²) in [5.74, 6) is 1.72. The number of ether oxygens (including phenoxy) is 2. The standard InChI is InChI=1S/C24H27N3O4/c1-18-20(17-30-22-11-7-6-10-21(22)29-2)23(25-31-18)24(28)27-14-12-26(13-15-27)16-19-8-4-3-5-9-19/h3-11H,12-17H2,1-2H3. The molecule has 2 aromatic carbocycles. The Balaban J connectivity index is 1.38. The fraction of sp³-hybridized carbons (Fsp3) is 0.333. The number of nitrogens with zero attached hydrogens (tertiary/aromatic N) is 3. The topological polar surface area (TPSA) is 68.0 Å². The van der Waals surface area contributed by atoms with Crippen LogP contribution < -0.4 is 9.47 Å². The molecular formula is C24H27N3O4. The highest BCUT2D eigenvalue weighted by Crippen LogP contribution is 2.28. The first-order valence-electron chi connectivity index (χ1n) is 10.4. The SMILES string of the molecule is COc1ccccc1OCc1c(C(=O)N2CCN(Cc3ccccc3)CC2)noc1C. The molecule has 0 N–H and O–H groups in total. The molecule has 162 valence electrons. The van der Waals surface area contributed by atoms with Gasteiger partial charge in [-0.2, -0.15) is 0 Å². The van der Waals surface area contributed by atoms with Gasteiger partial charge in [0, 0.05) is 32.7 Å². The molecule has 0 aliphatic carbocycles. The van der Waals surface area contributed by atoms with Gasteiger partial charge in [-0.25, -0.2) is 0 Å². The van der Waals surface area contributed by atoms with Crippen molar-refractivity contribution in [3.8, 4) is 11.5 Å². The van der Waals surface area contributed by atoms with E-state index in [9.17, 15) is 4.79 Å². The fourth-order valence-corrected chi connectivity index (χ4v) is 3.72. The van der Waals surface area contributed by atoms with Gasteiger partial charge in [-0.3, -0.25) is 9.69 Å². The van der Waals surface area contributed by atoms with E-state index >= 15 is 0 Å². The summed E-state index contributed by atoms with van der Waals surface area (Å²) in [5.41, 5.74) is 2.27. The predicted molar refractivity (Wildman–Crippen MR) is 116 cm³/mol. The van der Waals surface area contributed by atoms with E-state index in [1.54, 1.807) is 14.0 Å². The number of aromatic nitrogens is 1. The number of hydrogen-bond acceptors (Lipinski definition) is 6. The maximum atomic E-state index is 13.1. The molecule has 2 heterocycles. The molecule has 31 heavy (non-hydrogen) atoms. The molecule has 1 saturated heterocycles. The monoisotopic (exact) mass is 421 g/mol. The molecule has 1 aliphatic heterocycles. The normalized spacial score (nSPS) is 14.5. The zero-order valence-corrected chi connectivity index (χ0v) is 17.9. The lowest BCUT2D eigenvalue weighted by Gasteiger charge is -2.34. The quantitative estimate of drug-likeness (QED) is 0.581. The minimum absolute atomic E-state index is 0.116. The third-order valence-electron chi connectivity index (χ3n) is 5.54. The number of carbonyl (C=O) groups is 1. The molecule has 1 amide bonds. The molecule has 1 aromatic heterocycles. The molecule has 0 unspecified atom stereocenters. The van der Waals surface area contributed by atoms with Gasteiger partial charge in [0.2, 0.25) is 0 Å². The van der Waals surface area contributed by atoms with E-state index in [1.165, 1.54) is 5.56 Å². The number of carbonyl (C=O) groups excluding carboxylic acids is 1. The average Bonchev–Trinajstić information content (AvgIpc) is 3.18. The largest absolute Gasteiger partial charge is 0.493 e. The fourth-order valence-electron chi connectivity index (χ4n) is 3.72. The lowest BCUT2D eigenvalue weighted by Crippen LogP contribution is -2.48. The van der Waals surface area contributed by atoms with Crippen molar-refractivity contribution in [3.05, 3.63) is 77.2 Å². The Bertz CT molecular complexity index is 1010. The van der Waals surface area contributed by atoms with Crippen LogP contribution in [-0.4, -0.2) is 54.2 Å². The van der Waals surface area contributed by atoms with Crippen molar-refractivity contribution in [2.45, 2.75) is 20.1 Å². The number of methoxy groups -OCH3 is 1. The summed E-state index contributed by atoms with van der Waals surface area (Å²) in [4.78, 5) is 17.3. The number of amides is 1. The van der Waals surface area contributed by atoms with Crippen LogP contribution in [0.15, 0.2) is 59.1 Å². The highest BCUT2D eigenvalue weighted by atomic mass is 16.5. The number of aryl methyl sites for hydroxylation is 1. The van der Waals surface area contributed by atoms with Crippen LogP contribution in [0.1, 0.15) is 27.4 Å². The Hall–Kier alpha value is -3.32. The Morgan fingerprint density at radius 1 is 1.00 bits per heavy atom. The number of benzene rings is 2. The predicted octanol–water partition coefficient (Wildman–Crippen LogP) is 3.53. The number of para-hydroxylation sites is 2. The second kappa shape index (κ2) is 9.66. The van der Waals surface area contributed by atoms with Gasteiger partial charge in [-0.1, -0.05) is 47.6 Å². The van der Waals surface area contributed by atoms with Crippen LogP contribution in [-0.2, 0) is 13.2 Å². The minimum atomic E-state index is -0.116. The van der Waals surface area contributed by atoms with Crippen LogP contribution in [0.4, 0.5) is 0 Å². The summed E-state index contributed by atoms with van der Waals surface area (Å²) < 4.78 is 16.6. The van der Waals surface area contributed by atoms with Gasteiger partial charge in [-0.05, 0) is 24.6 Å². The van der Waals surface area contributed by atoms with E-state index in [1.807, 2.05) is 35.2 Å². The molecule has 4 rings (SSSR count). The van der Waals surface area contributed by atoms with E-state index < -0.39 is 0 Å². The third-order valence-corrected chi connectivity index (χ3v) is 5.54. The second-order valence-corrected chi connectivity index (χ2v) is 7.56. The summed E-state index contributed by atoms with van der Waals surface area (Å²) >= 11 is 0. The van der Waals surface area contributed by atoms with Crippen molar-refractivity contribution in [2.75, 3.05) is 33.3 Å². The zero-order valence-electron chi connectivity index (χ0n) is 17.9. The van der Waals surface area contributed by atoms with E-state index in [0.29, 0.717) is 41.6 Å². The Morgan fingerprint density at radius 3 is 2.39 bits per heavy atom. The molecule has 0 bridgehead atoms. The second-order valence-electron chi connectivity index (χ2n) is 7.56. The highest BCUT2D eigenvalue weighted by Gasteiger charge is 2.28. The molecule has 0 saturated carbocycles. The van der Waals surface area contributed by atoms with Crippen LogP contribution in [0.2, 0.25) is 0 Å². The summed E-state index contributed by atoms with van der Waals surface area (Å²) in [6, 6.07) is 17.8. The molecule has 3 aromatic rings. The van der Waals surface area contributed by atoms with Crippen molar-refractivity contribution in [3.63, 3.8) is 0 Å². The van der Waals surface area contributed by atoms with Gasteiger partial charge in [0.25, 0.3) is 5.91 Å². The third kappa shape index (κ3) is 4.88. The van der Waals surface area contributed by atoms with Crippen molar-refractivity contribution in [2.24, 2.45) is 0 Å². The Labute approximate surface area is 182 Å². The van der Waals surface area contributed by atoms with Crippen molar-refractivity contribution in [1.82, 2.24) is 15.0 Å². The summed E-state index contributed by atoms with van der Waals surface area (Å²) in [5, 5.41) is 4.04. The summed E-state index contributed by atoms with van der Waals surface area (Å²) in [6.07, 6.45) is 0. The average molecular weight is 421 g/mol. The summed E-state index contributed by atoms with van der Waals surface area (Å²) in [7, 11) is 1.60. The van der Waals surface area contributed by atoms with Crippen LogP contribution in [0, 0.1) is 6.92 Å². The molecular weight excluding hydrogens is 394 g/mol. The van der Waals surface area contributed by atoms with E-state index in [-0.39, 0.29) is 12.5 Å². The number of hydrogen-bond donors (Lipinski definition) is 0. The van der Waals surface area contributed by atoms with Crippen molar-refractivity contribution in [1.29, 1.82) is 0 Å². The molecule has 7 heteroatoms. The zero-order chi connectivity index (χ0) is 21.6. The van der Waals surface area contributed by atoms with Crippen LogP contribution in [0.3, 0.4) is 0 Å². The number of rotatable bonds is 7. The van der Waals surface area contributed by atoms with Gasteiger partial charge in [0.05, 0.1) is 12.7 Å². The summed E-state index contributed by atoms with van der Waals surface area (Å²) in [6.45, 7) is 5.83. The molecule has 0 radical (unpaired) electrons. The van der Waals surface area contributed by atoms with Crippen molar-refractivity contribution < 1.29 is 18.8 Å². The van der Waals surface area contributed by atoms with Gasteiger partial charge in [0.15, 0.2) is 17.2 Å². The maximum Gasteiger partial charge on any atom is 0.276 e. The van der Waals surface area contributed by atoms with Crippen LogP contribution in [0.5, 0.6) is 11.5 Å². The Kier molecular flexibility index (Phi) is 6.52. The molecule has 7 nitrogen and oxygen atoms in total. The van der Waals surface area contributed by atoms with E-state index in [2.05, 4.69) is 34.3 Å². The maximum absolute atomic E-state index is 13.1. The lowest BCUT2D eigenvalue weighted by molar-refractivity contribution is 0.0616. The number of piperazine rings is 1. The van der Waals surface area contributed by atoms with Crippen LogP contribution in [0.25, 0.3) is 0 Å². The van der Waals surface area contributed by atoms with E-state index in [0.717, 1.165) is 19.6 Å². The first kappa shape index (κ1) is 20.9. The van der Waals surface area contributed by atoms with Gasteiger partial charge >= 0.3 is 0 Å². The molecule has 1 fully saturated rings. The van der Waals surface area contributed by atoms with Crippen LogP contribution >= 0.6 is 0 Å². The molecule has 0 spiro atoms. The van der Waals surface area contributed by atoms with E-state index in [4.69, 9.17) is 14.0 Å². The van der Waals surface area contributed by atoms with Gasteiger partial charge in [-0.15, -0.1) is 0 Å². The first-order valence-corrected chi connectivity index (χ1v) is 10.4. The lowest BCUT2D eigenvalue weighted by atomic mass is 10.1. The first-order chi connectivity index (χ1) is 15.2. The Morgan fingerprint density at radius 2 is 1.68 bits per heavy atom.